The summed E-state index contributed by atoms with van der Waals surface area (Å²) in [5, 5.41) is 0. The molecule has 2 aliphatic rings. The topological polar surface area (TPSA) is 3.24 Å². The third-order valence-corrected chi connectivity index (χ3v) is 3.55. The molecular formula is C11H20FN. The maximum Gasteiger partial charge on any atom is 0.115 e. The van der Waals surface area contributed by atoms with Crippen molar-refractivity contribution in [3.05, 3.63) is 0 Å². The molecule has 0 bridgehead atoms. The van der Waals surface area contributed by atoms with E-state index in [1.54, 1.807) is 0 Å². The lowest BCUT2D eigenvalue weighted by Crippen LogP contribution is -2.39. The van der Waals surface area contributed by atoms with Gasteiger partial charge in [0, 0.05) is 12.1 Å². The molecule has 0 aliphatic carbocycles. The Morgan fingerprint density at radius 1 is 1.54 bits per heavy atom. The van der Waals surface area contributed by atoms with Crippen molar-refractivity contribution in [3.63, 3.8) is 0 Å². The highest BCUT2D eigenvalue weighted by Crippen LogP contribution is 2.43. The summed E-state index contributed by atoms with van der Waals surface area (Å²) in [7, 11) is 0. The van der Waals surface area contributed by atoms with Gasteiger partial charge in [-0.3, -0.25) is 4.90 Å². The van der Waals surface area contributed by atoms with E-state index in [4.69, 9.17) is 0 Å². The Kier molecular flexibility index (Phi) is 2.35. The fourth-order valence-corrected chi connectivity index (χ4v) is 3.30. The van der Waals surface area contributed by atoms with Crippen molar-refractivity contribution < 1.29 is 4.39 Å². The van der Waals surface area contributed by atoms with Crippen molar-refractivity contribution in [3.8, 4) is 0 Å². The quantitative estimate of drug-likeness (QED) is 0.639. The van der Waals surface area contributed by atoms with Crippen LogP contribution >= 0.6 is 0 Å². The zero-order valence-corrected chi connectivity index (χ0v) is 8.72. The first-order valence-corrected chi connectivity index (χ1v) is 5.51. The van der Waals surface area contributed by atoms with E-state index in [1.807, 2.05) is 0 Å². The number of hydrogen-bond donors (Lipinski definition) is 0. The minimum atomic E-state index is -0.556. The summed E-state index contributed by atoms with van der Waals surface area (Å²) >= 11 is 0. The van der Waals surface area contributed by atoms with Crippen LogP contribution in [-0.2, 0) is 0 Å². The number of fused-ring (bicyclic) bond motifs is 1. The summed E-state index contributed by atoms with van der Waals surface area (Å²) < 4.78 is 13.3. The van der Waals surface area contributed by atoms with Crippen molar-refractivity contribution in [1.82, 2.24) is 4.90 Å². The van der Waals surface area contributed by atoms with E-state index in [0.29, 0.717) is 12.5 Å². The second-order valence-corrected chi connectivity index (χ2v) is 5.17. The van der Waals surface area contributed by atoms with Crippen molar-refractivity contribution in [2.75, 3.05) is 13.1 Å². The number of hydrogen-bond acceptors (Lipinski definition) is 1. The van der Waals surface area contributed by atoms with Gasteiger partial charge >= 0.3 is 0 Å². The lowest BCUT2D eigenvalue weighted by atomic mass is 9.85. The molecular weight excluding hydrogens is 165 g/mol. The molecule has 2 aliphatic heterocycles. The maximum absolute atomic E-state index is 13.3. The van der Waals surface area contributed by atoms with Gasteiger partial charge in [-0.25, -0.2) is 4.39 Å². The van der Waals surface area contributed by atoms with Gasteiger partial charge in [0.15, 0.2) is 0 Å². The van der Waals surface area contributed by atoms with Crippen LogP contribution in [0.2, 0.25) is 0 Å². The normalized spacial score (nSPS) is 40.2. The molecule has 0 aromatic carbocycles. The third kappa shape index (κ3) is 1.61. The second kappa shape index (κ2) is 3.23. The zero-order chi connectivity index (χ0) is 9.47. The molecule has 2 heteroatoms. The molecule has 2 rings (SSSR count). The van der Waals surface area contributed by atoms with Gasteiger partial charge in [0.1, 0.15) is 6.17 Å². The molecule has 1 nitrogen and oxygen atoms in total. The molecule has 2 saturated heterocycles. The fourth-order valence-electron chi connectivity index (χ4n) is 3.30. The van der Waals surface area contributed by atoms with E-state index in [2.05, 4.69) is 18.7 Å². The van der Waals surface area contributed by atoms with Gasteiger partial charge in [-0.05, 0) is 38.1 Å². The highest BCUT2D eigenvalue weighted by atomic mass is 19.1. The summed E-state index contributed by atoms with van der Waals surface area (Å²) in [6.45, 7) is 6.33. The molecule has 0 amide bonds. The first-order chi connectivity index (χ1) is 6.12. The molecule has 2 fully saturated rings. The molecule has 0 spiro atoms. The molecule has 0 N–H and O–H groups in total. The average Bonchev–Trinajstić information content (AvgIpc) is 2.40. The Bertz CT molecular complexity index is 193. The summed E-state index contributed by atoms with van der Waals surface area (Å²) in [6, 6.07) is 0. The van der Waals surface area contributed by atoms with Crippen LogP contribution < -0.4 is 0 Å². The maximum atomic E-state index is 13.3. The van der Waals surface area contributed by atoms with Crippen LogP contribution in [0.25, 0.3) is 0 Å². The Balaban J connectivity index is 2.09. The van der Waals surface area contributed by atoms with Gasteiger partial charge in [-0.15, -0.1) is 0 Å². The SMILES string of the molecule is CC(C)C[C@@]12CCCN1C[C@H](F)C2. The van der Waals surface area contributed by atoms with Crippen LogP contribution in [0.15, 0.2) is 0 Å². The van der Waals surface area contributed by atoms with E-state index < -0.39 is 6.17 Å². The van der Waals surface area contributed by atoms with Crippen molar-refractivity contribution in [2.45, 2.75) is 51.2 Å². The fraction of sp³-hybridized carbons (Fsp3) is 1.00. The summed E-state index contributed by atoms with van der Waals surface area (Å²) in [4.78, 5) is 2.40. The Morgan fingerprint density at radius 2 is 2.31 bits per heavy atom. The van der Waals surface area contributed by atoms with E-state index in [1.165, 1.54) is 19.3 Å². The van der Waals surface area contributed by atoms with E-state index in [-0.39, 0.29) is 5.54 Å². The van der Waals surface area contributed by atoms with E-state index in [0.717, 1.165) is 13.0 Å². The lowest BCUT2D eigenvalue weighted by molar-refractivity contribution is 0.163. The van der Waals surface area contributed by atoms with Gasteiger partial charge in [-0.1, -0.05) is 13.8 Å². The number of nitrogens with zero attached hydrogens (tertiary/aromatic N) is 1. The van der Waals surface area contributed by atoms with Crippen molar-refractivity contribution in [2.24, 2.45) is 5.92 Å². The lowest BCUT2D eigenvalue weighted by Gasteiger charge is -2.33. The largest absolute Gasteiger partial charge is 0.295 e. The minimum Gasteiger partial charge on any atom is -0.295 e. The van der Waals surface area contributed by atoms with E-state index >= 15 is 0 Å². The highest BCUT2D eigenvalue weighted by molar-refractivity contribution is 5.03. The molecule has 0 unspecified atom stereocenters. The monoisotopic (exact) mass is 185 g/mol. The first kappa shape index (κ1) is 9.45. The molecule has 0 aromatic heterocycles. The summed E-state index contributed by atoms with van der Waals surface area (Å²) in [5.41, 5.74) is 0.258. The zero-order valence-electron chi connectivity index (χ0n) is 8.72. The molecule has 0 aromatic rings. The predicted octanol–water partition coefficient (Wildman–Crippen LogP) is 2.61. The van der Waals surface area contributed by atoms with Crippen LogP contribution in [-0.4, -0.2) is 29.7 Å². The predicted molar refractivity (Wildman–Crippen MR) is 52.5 cm³/mol. The Hall–Kier alpha value is -0.110. The standard InChI is InChI=1S/C11H20FN/c1-9(2)6-11-4-3-5-13(11)8-10(12)7-11/h9-10H,3-8H2,1-2H3/t10-,11-/m1/s1. The Labute approximate surface area is 80.3 Å². The van der Waals surface area contributed by atoms with Crippen LogP contribution in [0.5, 0.6) is 0 Å². The van der Waals surface area contributed by atoms with E-state index in [9.17, 15) is 4.39 Å². The second-order valence-electron chi connectivity index (χ2n) is 5.17. The van der Waals surface area contributed by atoms with Crippen molar-refractivity contribution >= 4 is 0 Å². The molecule has 2 heterocycles. The van der Waals surface area contributed by atoms with Crippen LogP contribution in [0.3, 0.4) is 0 Å². The van der Waals surface area contributed by atoms with Gasteiger partial charge in [-0.2, -0.15) is 0 Å². The Morgan fingerprint density at radius 3 is 3.00 bits per heavy atom. The summed E-state index contributed by atoms with van der Waals surface area (Å²) in [5.74, 6) is 0.700. The van der Waals surface area contributed by atoms with Crippen molar-refractivity contribution in [1.29, 1.82) is 0 Å². The molecule has 76 valence electrons. The number of alkyl halides is 1. The number of halogens is 1. The van der Waals surface area contributed by atoms with Crippen LogP contribution in [0.1, 0.15) is 39.5 Å². The van der Waals surface area contributed by atoms with Gasteiger partial charge in [0.25, 0.3) is 0 Å². The molecule has 13 heavy (non-hydrogen) atoms. The average molecular weight is 185 g/mol. The van der Waals surface area contributed by atoms with Gasteiger partial charge in [0.2, 0.25) is 0 Å². The molecule has 0 radical (unpaired) electrons. The molecule has 0 saturated carbocycles. The van der Waals surface area contributed by atoms with Crippen LogP contribution in [0.4, 0.5) is 4.39 Å². The highest BCUT2D eigenvalue weighted by Gasteiger charge is 2.48. The number of rotatable bonds is 2. The third-order valence-electron chi connectivity index (χ3n) is 3.55. The summed E-state index contributed by atoms with van der Waals surface area (Å²) in [6.07, 6.45) is 3.93. The molecule has 2 atom stereocenters. The van der Waals surface area contributed by atoms with Gasteiger partial charge in [0.05, 0.1) is 0 Å². The van der Waals surface area contributed by atoms with Crippen LogP contribution in [0, 0.1) is 5.92 Å². The first-order valence-electron chi connectivity index (χ1n) is 5.51. The minimum absolute atomic E-state index is 0.258. The smallest absolute Gasteiger partial charge is 0.115 e. The van der Waals surface area contributed by atoms with Gasteiger partial charge < -0.3 is 0 Å².